The lowest BCUT2D eigenvalue weighted by atomic mass is 10.0. The Balaban J connectivity index is 3.13. The number of hydrogen-bond donors (Lipinski definition) is 1. The van der Waals surface area contributed by atoms with Gasteiger partial charge in [-0.1, -0.05) is 34.1 Å². The SMILES string of the molecule is C=CC(NC)c1cccc(Br)c1C. The summed E-state index contributed by atoms with van der Waals surface area (Å²) >= 11 is 3.51. The first-order valence-electron chi connectivity index (χ1n) is 4.25. The first-order chi connectivity index (χ1) is 6.20. The second-order valence-electron chi connectivity index (χ2n) is 2.96. The Bertz CT molecular complexity index is 307. The molecule has 0 aromatic heterocycles. The van der Waals surface area contributed by atoms with E-state index in [0.717, 1.165) is 4.47 Å². The molecule has 0 spiro atoms. The average Bonchev–Trinajstić information content (AvgIpc) is 2.14. The molecule has 1 nitrogen and oxygen atoms in total. The quantitative estimate of drug-likeness (QED) is 0.800. The summed E-state index contributed by atoms with van der Waals surface area (Å²) in [5.74, 6) is 0. The number of rotatable bonds is 3. The molecule has 13 heavy (non-hydrogen) atoms. The number of halogens is 1. The van der Waals surface area contributed by atoms with Gasteiger partial charge in [0.2, 0.25) is 0 Å². The Labute approximate surface area is 88.0 Å². The molecule has 0 fully saturated rings. The summed E-state index contributed by atoms with van der Waals surface area (Å²) in [4.78, 5) is 0. The lowest BCUT2D eigenvalue weighted by Crippen LogP contribution is -2.14. The number of likely N-dealkylation sites (N-methyl/N-ethyl adjacent to an activating group) is 1. The van der Waals surface area contributed by atoms with Crippen molar-refractivity contribution in [1.82, 2.24) is 5.32 Å². The van der Waals surface area contributed by atoms with Gasteiger partial charge in [-0.15, -0.1) is 6.58 Å². The summed E-state index contributed by atoms with van der Waals surface area (Å²) in [5, 5.41) is 3.20. The van der Waals surface area contributed by atoms with E-state index in [1.165, 1.54) is 11.1 Å². The standard InChI is InChI=1S/C11H14BrN/c1-4-11(13-3)9-6-5-7-10(12)8(9)2/h4-7,11,13H,1H2,2-3H3. The molecule has 1 unspecified atom stereocenters. The van der Waals surface area contributed by atoms with E-state index < -0.39 is 0 Å². The predicted molar refractivity (Wildman–Crippen MR) is 60.9 cm³/mol. The van der Waals surface area contributed by atoms with Crippen molar-refractivity contribution in [2.24, 2.45) is 0 Å². The Kier molecular flexibility index (Phi) is 3.70. The van der Waals surface area contributed by atoms with Crippen LogP contribution < -0.4 is 5.32 Å². The number of hydrogen-bond acceptors (Lipinski definition) is 1. The van der Waals surface area contributed by atoms with Gasteiger partial charge in [-0.25, -0.2) is 0 Å². The lowest BCUT2D eigenvalue weighted by molar-refractivity contribution is 0.711. The minimum absolute atomic E-state index is 0.234. The van der Waals surface area contributed by atoms with Gasteiger partial charge in [0.25, 0.3) is 0 Å². The van der Waals surface area contributed by atoms with Crippen LogP contribution in [0.4, 0.5) is 0 Å². The van der Waals surface area contributed by atoms with Gasteiger partial charge in [-0.3, -0.25) is 0 Å². The van der Waals surface area contributed by atoms with Gasteiger partial charge in [-0.05, 0) is 31.2 Å². The fourth-order valence-electron chi connectivity index (χ4n) is 1.36. The predicted octanol–water partition coefficient (Wildman–Crippen LogP) is 3.20. The summed E-state index contributed by atoms with van der Waals surface area (Å²) in [5.41, 5.74) is 2.54. The smallest absolute Gasteiger partial charge is 0.0504 e. The Morgan fingerprint density at radius 2 is 2.23 bits per heavy atom. The van der Waals surface area contributed by atoms with Crippen molar-refractivity contribution in [2.75, 3.05) is 7.05 Å². The van der Waals surface area contributed by atoms with E-state index in [4.69, 9.17) is 0 Å². The van der Waals surface area contributed by atoms with E-state index in [-0.39, 0.29) is 6.04 Å². The highest BCUT2D eigenvalue weighted by Crippen LogP contribution is 2.24. The van der Waals surface area contributed by atoms with Gasteiger partial charge in [0.05, 0.1) is 6.04 Å². The molecule has 1 rings (SSSR count). The Morgan fingerprint density at radius 3 is 2.77 bits per heavy atom. The Morgan fingerprint density at radius 1 is 1.54 bits per heavy atom. The zero-order valence-corrected chi connectivity index (χ0v) is 9.56. The average molecular weight is 240 g/mol. The van der Waals surface area contributed by atoms with E-state index in [2.05, 4.69) is 46.9 Å². The van der Waals surface area contributed by atoms with Crippen molar-refractivity contribution in [3.8, 4) is 0 Å². The summed E-state index contributed by atoms with van der Waals surface area (Å²) in [6.45, 7) is 5.91. The van der Waals surface area contributed by atoms with Gasteiger partial charge in [-0.2, -0.15) is 0 Å². The van der Waals surface area contributed by atoms with E-state index in [0.29, 0.717) is 0 Å². The summed E-state index contributed by atoms with van der Waals surface area (Å²) in [7, 11) is 1.94. The molecular formula is C11H14BrN. The van der Waals surface area contributed by atoms with Gasteiger partial charge in [0.15, 0.2) is 0 Å². The molecule has 0 aliphatic carbocycles. The third kappa shape index (κ3) is 2.20. The zero-order valence-electron chi connectivity index (χ0n) is 7.97. The second kappa shape index (κ2) is 4.58. The van der Waals surface area contributed by atoms with Crippen LogP contribution >= 0.6 is 15.9 Å². The van der Waals surface area contributed by atoms with Crippen LogP contribution in [0.2, 0.25) is 0 Å². The molecule has 0 aliphatic heterocycles. The van der Waals surface area contributed by atoms with Gasteiger partial charge in [0, 0.05) is 4.47 Å². The molecule has 1 aromatic carbocycles. The Hall–Kier alpha value is -0.600. The molecule has 2 heteroatoms. The van der Waals surface area contributed by atoms with Gasteiger partial charge in [0.1, 0.15) is 0 Å². The molecule has 0 aliphatic rings. The molecular weight excluding hydrogens is 226 g/mol. The normalized spacial score (nSPS) is 12.5. The highest BCUT2D eigenvalue weighted by atomic mass is 79.9. The molecule has 0 amide bonds. The monoisotopic (exact) mass is 239 g/mol. The first-order valence-corrected chi connectivity index (χ1v) is 5.04. The van der Waals surface area contributed by atoms with Crippen LogP contribution in [0.25, 0.3) is 0 Å². The lowest BCUT2D eigenvalue weighted by Gasteiger charge is -2.15. The fourth-order valence-corrected chi connectivity index (χ4v) is 1.74. The first kappa shape index (κ1) is 10.5. The maximum absolute atomic E-state index is 3.80. The van der Waals surface area contributed by atoms with Crippen LogP contribution in [-0.4, -0.2) is 7.05 Å². The fraction of sp³-hybridized carbons (Fsp3) is 0.273. The van der Waals surface area contributed by atoms with Crippen LogP contribution in [-0.2, 0) is 0 Å². The maximum Gasteiger partial charge on any atom is 0.0504 e. The molecule has 0 saturated heterocycles. The van der Waals surface area contributed by atoms with E-state index in [1.54, 1.807) is 0 Å². The third-order valence-electron chi connectivity index (χ3n) is 2.19. The van der Waals surface area contributed by atoms with E-state index in [1.807, 2.05) is 19.2 Å². The molecule has 0 radical (unpaired) electrons. The van der Waals surface area contributed by atoms with E-state index in [9.17, 15) is 0 Å². The summed E-state index contributed by atoms with van der Waals surface area (Å²) in [6.07, 6.45) is 1.91. The van der Waals surface area contributed by atoms with Crippen LogP contribution in [0.5, 0.6) is 0 Å². The van der Waals surface area contributed by atoms with Crippen molar-refractivity contribution in [2.45, 2.75) is 13.0 Å². The molecule has 1 atom stereocenters. The van der Waals surface area contributed by atoms with Crippen LogP contribution in [0.1, 0.15) is 17.2 Å². The molecule has 70 valence electrons. The minimum Gasteiger partial charge on any atom is -0.310 e. The molecule has 0 saturated carbocycles. The van der Waals surface area contributed by atoms with Crippen molar-refractivity contribution < 1.29 is 0 Å². The molecule has 0 bridgehead atoms. The number of benzene rings is 1. The van der Waals surface area contributed by atoms with Gasteiger partial charge >= 0.3 is 0 Å². The van der Waals surface area contributed by atoms with Crippen molar-refractivity contribution >= 4 is 15.9 Å². The minimum atomic E-state index is 0.234. The molecule has 0 heterocycles. The number of nitrogens with one attached hydrogen (secondary N) is 1. The van der Waals surface area contributed by atoms with Gasteiger partial charge < -0.3 is 5.32 Å². The van der Waals surface area contributed by atoms with Crippen LogP contribution in [0.15, 0.2) is 35.3 Å². The highest BCUT2D eigenvalue weighted by molar-refractivity contribution is 9.10. The maximum atomic E-state index is 3.80. The molecule has 1 N–H and O–H groups in total. The van der Waals surface area contributed by atoms with Crippen molar-refractivity contribution in [1.29, 1.82) is 0 Å². The third-order valence-corrected chi connectivity index (χ3v) is 3.05. The summed E-state index contributed by atoms with van der Waals surface area (Å²) < 4.78 is 1.15. The largest absolute Gasteiger partial charge is 0.310 e. The van der Waals surface area contributed by atoms with Crippen LogP contribution in [0.3, 0.4) is 0 Å². The zero-order chi connectivity index (χ0) is 9.84. The van der Waals surface area contributed by atoms with Crippen LogP contribution in [0, 0.1) is 6.92 Å². The van der Waals surface area contributed by atoms with Crippen molar-refractivity contribution in [3.63, 3.8) is 0 Å². The molecule has 1 aromatic rings. The summed E-state index contributed by atoms with van der Waals surface area (Å²) in [6, 6.07) is 6.44. The van der Waals surface area contributed by atoms with E-state index >= 15 is 0 Å². The van der Waals surface area contributed by atoms with Crippen molar-refractivity contribution in [3.05, 3.63) is 46.5 Å². The second-order valence-corrected chi connectivity index (χ2v) is 3.81. The highest BCUT2D eigenvalue weighted by Gasteiger charge is 2.08. The topological polar surface area (TPSA) is 12.0 Å².